The quantitative estimate of drug-likeness (QED) is 0.862. The third-order valence-corrected chi connectivity index (χ3v) is 5.00. The van der Waals surface area contributed by atoms with Gasteiger partial charge in [0.05, 0.1) is 10.9 Å². The summed E-state index contributed by atoms with van der Waals surface area (Å²) in [6.07, 6.45) is -4.67. The number of sulfonamides is 1. The van der Waals surface area contributed by atoms with Gasteiger partial charge in [-0.05, 0) is 38.1 Å². The van der Waals surface area contributed by atoms with E-state index in [1.165, 1.54) is 38.1 Å². The molecule has 0 fully saturated rings. The zero-order valence-corrected chi connectivity index (χ0v) is 14.2. The minimum atomic E-state index is -4.67. The summed E-state index contributed by atoms with van der Waals surface area (Å²) < 4.78 is 66.3. The number of hydrogen-bond acceptors (Lipinski definition) is 4. The van der Waals surface area contributed by atoms with Crippen molar-refractivity contribution in [1.29, 1.82) is 0 Å². The molecule has 1 aromatic carbocycles. The van der Waals surface area contributed by atoms with Gasteiger partial charge in [0.2, 0.25) is 15.8 Å². The molecule has 1 heterocycles. The van der Waals surface area contributed by atoms with E-state index in [1.807, 2.05) is 0 Å². The molecule has 0 aliphatic rings. The van der Waals surface area contributed by atoms with Crippen molar-refractivity contribution in [2.24, 2.45) is 0 Å². The molecule has 132 valence electrons. The van der Waals surface area contributed by atoms with Crippen LogP contribution < -0.4 is 4.72 Å². The van der Waals surface area contributed by atoms with Crippen LogP contribution in [0, 0.1) is 0 Å². The van der Waals surface area contributed by atoms with Gasteiger partial charge >= 0.3 is 6.18 Å². The predicted octanol–water partition coefficient (Wildman–Crippen LogP) is 3.01. The molecular weight excluding hydrogens is 369 g/mol. The Morgan fingerprint density at radius 2 is 1.83 bits per heavy atom. The maximum absolute atomic E-state index is 12.9. The highest BCUT2D eigenvalue weighted by molar-refractivity contribution is 7.89. The predicted molar refractivity (Wildman–Crippen MR) is 80.9 cm³/mol. The first-order valence-electron chi connectivity index (χ1n) is 6.84. The van der Waals surface area contributed by atoms with Crippen molar-refractivity contribution in [2.45, 2.75) is 37.5 Å². The Morgan fingerprint density at radius 3 is 2.33 bits per heavy atom. The van der Waals surface area contributed by atoms with Gasteiger partial charge in [0.15, 0.2) is 5.82 Å². The number of aromatic nitrogens is 3. The molecule has 11 heteroatoms. The Bertz CT molecular complexity index is 819. The lowest BCUT2D eigenvalue weighted by atomic mass is 10.3. The minimum Gasteiger partial charge on any atom is -0.306 e. The zero-order chi connectivity index (χ0) is 18.1. The molecule has 1 aromatic heterocycles. The fraction of sp³-hybridized carbons (Fsp3) is 0.385. The lowest BCUT2D eigenvalue weighted by molar-refractivity contribution is -0.147. The van der Waals surface area contributed by atoms with Crippen LogP contribution in [0.1, 0.15) is 31.5 Å². The van der Waals surface area contributed by atoms with E-state index in [9.17, 15) is 21.6 Å². The van der Waals surface area contributed by atoms with Crippen LogP contribution in [-0.2, 0) is 22.7 Å². The Labute approximate surface area is 141 Å². The van der Waals surface area contributed by atoms with Crippen LogP contribution in [0.4, 0.5) is 13.2 Å². The number of hydrogen-bond donors (Lipinski definition) is 1. The molecule has 1 N–H and O–H groups in total. The smallest absolute Gasteiger partial charge is 0.306 e. The second-order valence-corrected chi connectivity index (χ2v) is 7.07. The monoisotopic (exact) mass is 382 g/mol. The van der Waals surface area contributed by atoms with Gasteiger partial charge in [0.1, 0.15) is 0 Å². The summed E-state index contributed by atoms with van der Waals surface area (Å²) in [4.78, 5) is -0.0580. The summed E-state index contributed by atoms with van der Waals surface area (Å²) in [5.41, 5.74) is 0. The van der Waals surface area contributed by atoms with Crippen LogP contribution in [-0.4, -0.2) is 23.2 Å². The Morgan fingerprint density at radius 1 is 1.25 bits per heavy atom. The fourth-order valence-corrected chi connectivity index (χ4v) is 3.45. The third-order valence-electron chi connectivity index (χ3n) is 3.19. The molecule has 0 saturated heterocycles. The molecule has 0 bridgehead atoms. The van der Waals surface area contributed by atoms with Gasteiger partial charge in [-0.3, -0.25) is 0 Å². The van der Waals surface area contributed by atoms with Gasteiger partial charge in [0, 0.05) is 11.6 Å². The number of nitrogens with zero attached hydrogens (tertiary/aromatic N) is 3. The maximum atomic E-state index is 12.9. The fourth-order valence-electron chi connectivity index (χ4n) is 2.12. The van der Waals surface area contributed by atoms with E-state index < -0.39 is 28.1 Å². The van der Waals surface area contributed by atoms with Crippen molar-refractivity contribution in [3.05, 3.63) is 40.9 Å². The second kappa shape index (κ2) is 6.69. The summed E-state index contributed by atoms with van der Waals surface area (Å²) in [5.74, 6) is -1.29. The molecule has 0 amide bonds. The molecule has 0 aliphatic heterocycles. The molecule has 2 rings (SSSR count). The Balaban J connectivity index is 2.31. The largest absolute Gasteiger partial charge is 0.451 e. The highest BCUT2D eigenvalue weighted by Gasteiger charge is 2.39. The number of rotatable bonds is 5. The van der Waals surface area contributed by atoms with Gasteiger partial charge in [-0.25, -0.2) is 13.1 Å². The van der Waals surface area contributed by atoms with Crippen LogP contribution in [0.25, 0.3) is 0 Å². The summed E-state index contributed by atoms with van der Waals surface area (Å²) in [6, 6.07) is 4.38. The third kappa shape index (κ3) is 3.87. The lowest BCUT2D eigenvalue weighted by Crippen LogP contribution is -2.29. The molecule has 1 unspecified atom stereocenters. The average molecular weight is 383 g/mol. The molecule has 1 atom stereocenters. The Hall–Kier alpha value is -1.65. The SMILES string of the molecule is CCn1c(C(C)NS(=O)(=O)c2ccc(Cl)cc2)nnc1C(F)(F)F. The number of nitrogens with one attached hydrogen (secondary N) is 1. The van der Waals surface area contributed by atoms with E-state index >= 15 is 0 Å². The van der Waals surface area contributed by atoms with Gasteiger partial charge < -0.3 is 4.57 Å². The van der Waals surface area contributed by atoms with Crippen molar-refractivity contribution in [3.8, 4) is 0 Å². The maximum Gasteiger partial charge on any atom is 0.451 e. The van der Waals surface area contributed by atoms with Gasteiger partial charge in [-0.2, -0.15) is 13.2 Å². The molecule has 0 aliphatic carbocycles. The number of alkyl halides is 3. The van der Waals surface area contributed by atoms with Gasteiger partial charge in [0.25, 0.3) is 0 Å². The molecule has 6 nitrogen and oxygen atoms in total. The summed E-state index contributed by atoms with van der Waals surface area (Å²) in [7, 11) is -3.95. The molecule has 0 spiro atoms. The van der Waals surface area contributed by atoms with E-state index in [0.717, 1.165) is 4.57 Å². The standard InChI is InChI=1S/C13H14ClF3N4O2S/c1-3-21-11(18-19-12(21)13(15,16)17)8(2)20-24(22,23)10-6-4-9(14)5-7-10/h4-8,20H,3H2,1-2H3. The number of benzene rings is 1. The van der Waals surface area contributed by atoms with Crippen molar-refractivity contribution in [2.75, 3.05) is 0 Å². The first kappa shape index (κ1) is 18.7. The molecule has 0 saturated carbocycles. The minimum absolute atomic E-state index is 0.0514. The summed E-state index contributed by atoms with van der Waals surface area (Å²) in [5, 5.41) is 6.98. The van der Waals surface area contributed by atoms with Gasteiger partial charge in [-0.15, -0.1) is 10.2 Å². The van der Waals surface area contributed by atoms with Gasteiger partial charge in [-0.1, -0.05) is 11.6 Å². The normalized spacial score (nSPS) is 13.9. The second-order valence-electron chi connectivity index (χ2n) is 4.92. The average Bonchev–Trinajstić information content (AvgIpc) is 2.91. The van der Waals surface area contributed by atoms with E-state index in [0.29, 0.717) is 5.02 Å². The van der Waals surface area contributed by atoms with Crippen LogP contribution >= 0.6 is 11.6 Å². The van der Waals surface area contributed by atoms with E-state index in [-0.39, 0.29) is 17.3 Å². The first-order valence-corrected chi connectivity index (χ1v) is 8.70. The lowest BCUT2D eigenvalue weighted by Gasteiger charge is -2.16. The summed E-state index contributed by atoms with van der Waals surface area (Å²) >= 11 is 5.71. The van der Waals surface area contributed by atoms with Crippen molar-refractivity contribution in [1.82, 2.24) is 19.5 Å². The Kier molecular flexibility index (Phi) is 5.21. The highest BCUT2D eigenvalue weighted by Crippen LogP contribution is 2.29. The van der Waals surface area contributed by atoms with Crippen LogP contribution in [0.3, 0.4) is 0 Å². The zero-order valence-electron chi connectivity index (χ0n) is 12.7. The van der Waals surface area contributed by atoms with E-state index in [2.05, 4.69) is 14.9 Å². The highest BCUT2D eigenvalue weighted by atomic mass is 35.5. The van der Waals surface area contributed by atoms with Crippen LogP contribution in [0.2, 0.25) is 5.02 Å². The van der Waals surface area contributed by atoms with Crippen molar-refractivity contribution in [3.63, 3.8) is 0 Å². The van der Waals surface area contributed by atoms with E-state index in [4.69, 9.17) is 11.6 Å². The molecule has 0 radical (unpaired) electrons. The molecular formula is C13H14ClF3N4O2S. The molecule has 24 heavy (non-hydrogen) atoms. The first-order chi connectivity index (χ1) is 11.1. The van der Waals surface area contributed by atoms with Crippen LogP contribution in [0.5, 0.6) is 0 Å². The van der Waals surface area contributed by atoms with Crippen molar-refractivity contribution >= 4 is 21.6 Å². The summed E-state index contributed by atoms with van der Waals surface area (Å²) in [6.45, 7) is 2.83. The molecule has 2 aromatic rings. The van der Waals surface area contributed by atoms with Crippen molar-refractivity contribution < 1.29 is 21.6 Å². The van der Waals surface area contributed by atoms with Crippen LogP contribution in [0.15, 0.2) is 29.2 Å². The van der Waals surface area contributed by atoms with E-state index in [1.54, 1.807) is 0 Å². The topological polar surface area (TPSA) is 76.9 Å². The number of halogens is 4.